The number of carbonyl (C=O) groups is 3. The number of ether oxygens (including phenoxy) is 1. The standard InChI is InChI=1S/C12H22N2O5/c1-4-7-14(8-10(15)19-6-3)12(18)13-9(5-2)11(16)17/h9H,4-8H2,1-3H3,(H,13,18)(H,16,17)/t9-/m0/s1. The molecule has 0 aliphatic rings. The lowest BCUT2D eigenvalue weighted by molar-refractivity contribution is -0.143. The SMILES string of the molecule is CCCN(CC(=O)OCC)C(=O)N[C@@H](CC)C(=O)O. The quantitative estimate of drug-likeness (QED) is 0.639. The van der Waals surface area contributed by atoms with Gasteiger partial charge in [0.2, 0.25) is 0 Å². The third-order valence-electron chi connectivity index (χ3n) is 2.41. The van der Waals surface area contributed by atoms with Crippen LogP contribution in [0.2, 0.25) is 0 Å². The second-order valence-corrected chi connectivity index (χ2v) is 3.98. The summed E-state index contributed by atoms with van der Waals surface area (Å²) in [6.07, 6.45) is 0.942. The number of aliphatic carboxylic acids is 1. The molecule has 19 heavy (non-hydrogen) atoms. The summed E-state index contributed by atoms with van der Waals surface area (Å²) in [7, 11) is 0. The maximum atomic E-state index is 11.9. The van der Waals surface area contributed by atoms with Gasteiger partial charge < -0.3 is 20.1 Å². The highest BCUT2D eigenvalue weighted by Crippen LogP contribution is 1.98. The Balaban J connectivity index is 4.55. The van der Waals surface area contributed by atoms with Gasteiger partial charge in [-0.3, -0.25) is 4.79 Å². The fraction of sp³-hybridized carbons (Fsp3) is 0.750. The van der Waals surface area contributed by atoms with Gasteiger partial charge in [0, 0.05) is 6.54 Å². The zero-order valence-electron chi connectivity index (χ0n) is 11.6. The first-order chi connectivity index (χ1) is 8.96. The Morgan fingerprint density at radius 3 is 2.32 bits per heavy atom. The van der Waals surface area contributed by atoms with E-state index in [4.69, 9.17) is 9.84 Å². The van der Waals surface area contributed by atoms with Gasteiger partial charge in [0.25, 0.3) is 0 Å². The molecule has 2 amide bonds. The number of carboxylic acids is 1. The average molecular weight is 274 g/mol. The van der Waals surface area contributed by atoms with E-state index in [0.717, 1.165) is 0 Å². The van der Waals surface area contributed by atoms with Crippen LogP contribution in [0.4, 0.5) is 4.79 Å². The summed E-state index contributed by atoms with van der Waals surface area (Å²) in [5, 5.41) is 11.3. The Morgan fingerprint density at radius 2 is 1.89 bits per heavy atom. The molecule has 2 N–H and O–H groups in total. The highest BCUT2D eigenvalue weighted by atomic mass is 16.5. The van der Waals surface area contributed by atoms with E-state index in [1.165, 1.54) is 4.90 Å². The highest BCUT2D eigenvalue weighted by molar-refractivity contribution is 5.85. The van der Waals surface area contributed by atoms with Crippen LogP contribution in [0.15, 0.2) is 0 Å². The number of amides is 2. The van der Waals surface area contributed by atoms with Crippen LogP contribution >= 0.6 is 0 Å². The second kappa shape index (κ2) is 9.18. The van der Waals surface area contributed by atoms with Crippen molar-refractivity contribution in [2.24, 2.45) is 0 Å². The van der Waals surface area contributed by atoms with Crippen LogP contribution in [0.3, 0.4) is 0 Å². The van der Waals surface area contributed by atoms with Crippen LogP contribution in [0.5, 0.6) is 0 Å². The van der Waals surface area contributed by atoms with Crippen molar-refractivity contribution >= 4 is 18.0 Å². The van der Waals surface area contributed by atoms with Gasteiger partial charge in [0.15, 0.2) is 0 Å². The third-order valence-corrected chi connectivity index (χ3v) is 2.41. The zero-order chi connectivity index (χ0) is 14.8. The summed E-state index contributed by atoms with van der Waals surface area (Å²) in [6.45, 7) is 5.63. The Labute approximate surface area is 112 Å². The molecule has 0 spiro atoms. The number of hydrogen-bond acceptors (Lipinski definition) is 4. The van der Waals surface area contributed by atoms with E-state index in [1.807, 2.05) is 6.92 Å². The van der Waals surface area contributed by atoms with Gasteiger partial charge in [-0.1, -0.05) is 13.8 Å². The van der Waals surface area contributed by atoms with Gasteiger partial charge in [-0.2, -0.15) is 0 Å². The molecule has 0 aliphatic carbocycles. The first kappa shape index (κ1) is 17.2. The van der Waals surface area contributed by atoms with E-state index in [0.29, 0.717) is 13.0 Å². The van der Waals surface area contributed by atoms with Gasteiger partial charge in [-0.25, -0.2) is 9.59 Å². The Hall–Kier alpha value is -1.79. The van der Waals surface area contributed by atoms with Crippen molar-refractivity contribution in [3.05, 3.63) is 0 Å². The molecule has 110 valence electrons. The van der Waals surface area contributed by atoms with Crippen molar-refractivity contribution in [3.63, 3.8) is 0 Å². The highest BCUT2D eigenvalue weighted by Gasteiger charge is 2.22. The van der Waals surface area contributed by atoms with Crippen LogP contribution in [0.1, 0.15) is 33.6 Å². The molecule has 0 unspecified atom stereocenters. The lowest BCUT2D eigenvalue weighted by Crippen LogP contribution is -2.49. The molecule has 0 saturated carbocycles. The molecule has 0 aromatic heterocycles. The van der Waals surface area contributed by atoms with E-state index in [9.17, 15) is 14.4 Å². The van der Waals surface area contributed by atoms with Gasteiger partial charge in [-0.15, -0.1) is 0 Å². The minimum absolute atomic E-state index is 0.177. The molecular weight excluding hydrogens is 252 g/mol. The van der Waals surface area contributed by atoms with Gasteiger partial charge >= 0.3 is 18.0 Å². The van der Waals surface area contributed by atoms with Gasteiger partial charge in [-0.05, 0) is 19.8 Å². The van der Waals surface area contributed by atoms with E-state index < -0.39 is 24.0 Å². The molecule has 7 nitrogen and oxygen atoms in total. The largest absolute Gasteiger partial charge is 0.480 e. The molecule has 0 fully saturated rings. The Morgan fingerprint density at radius 1 is 1.26 bits per heavy atom. The van der Waals surface area contributed by atoms with E-state index >= 15 is 0 Å². The van der Waals surface area contributed by atoms with Crippen LogP contribution in [-0.4, -0.2) is 53.7 Å². The first-order valence-corrected chi connectivity index (χ1v) is 6.40. The van der Waals surface area contributed by atoms with Crippen LogP contribution in [0.25, 0.3) is 0 Å². The van der Waals surface area contributed by atoms with Crippen molar-refractivity contribution < 1.29 is 24.2 Å². The number of urea groups is 1. The van der Waals surface area contributed by atoms with E-state index in [1.54, 1.807) is 13.8 Å². The molecule has 0 radical (unpaired) electrons. The number of esters is 1. The lowest BCUT2D eigenvalue weighted by atomic mass is 10.2. The number of carboxylic acid groups (broad SMARTS) is 1. The summed E-state index contributed by atoms with van der Waals surface area (Å²) in [5.74, 6) is -1.60. The smallest absolute Gasteiger partial charge is 0.326 e. The molecule has 0 bridgehead atoms. The van der Waals surface area contributed by atoms with Gasteiger partial charge in [0.05, 0.1) is 6.61 Å². The van der Waals surface area contributed by atoms with Crippen LogP contribution in [-0.2, 0) is 14.3 Å². The normalized spacial score (nSPS) is 11.5. The molecular formula is C12H22N2O5. The fourth-order valence-corrected chi connectivity index (χ4v) is 1.46. The Bertz CT molecular complexity index is 319. The molecule has 1 atom stereocenters. The predicted molar refractivity (Wildman–Crippen MR) is 68.7 cm³/mol. The minimum Gasteiger partial charge on any atom is -0.480 e. The summed E-state index contributed by atoms with van der Waals surface area (Å²) in [6, 6.07) is -1.52. The number of nitrogens with one attached hydrogen (secondary N) is 1. The predicted octanol–water partition coefficient (Wildman–Crippen LogP) is 0.834. The molecule has 0 rings (SSSR count). The molecule has 7 heteroatoms. The van der Waals surface area contributed by atoms with Crippen molar-refractivity contribution in [1.29, 1.82) is 0 Å². The lowest BCUT2D eigenvalue weighted by Gasteiger charge is -2.23. The van der Waals surface area contributed by atoms with E-state index in [2.05, 4.69) is 5.32 Å². The molecule has 0 saturated heterocycles. The summed E-state index contributed by atoms with van der Waals surface area (Å²) in [4.78, 5) is 35.4. The fourth-order valence-electron chi connectivity index (χ4n) is 1.46. The Kier molecular flexibility index (Phi) is 8.32. The minimum atomic E-state index is -1.09. The summed E-state index contributed by atoms with van der Waals surface area (Å²) < 4.78 is 4.77. The van der Waals surface area contributed by atoms with Crippen LogP contribution in [0, 0.1) is 0 Å². The van der Waals surface area contributed by atoms with Crippen molar-refractivity contribution in [3.8, 4) is 0 Å². The van der Waals surface area contributed by atoms with Crippen molar-refractivity contribution in [2.45, 2.75) is 39.7 Å². The molecule has 0 heterocycles. The second-order valence-electron chi connectivity index (χ2n) is 3.98. The number of carbonyl (C=O) groups excluding carboxylic acids is 2. The zero-order valence-corrected chi connectivity index (χ0v) is 11.6. The first-order valence-electron chi connectivity index (χ1n) is 6.40. The number of nitrogens with zero attached hydrogens (tertiary/aromatic N) is 1. The molecule has 0 aromatic rings. The topological polar surface area (TPSA) is 95.9 Å². The summed E-state index contributed by atoms with van der Waals surface area (Å²) in [5.41, 5.74) is 0. The van der Waals surface area contributed by atoms with Gasteiger partial charge in [0.1, 0.15) is 12.6 Å². The maximum Gasteiger partial charge on any atom is 0.326 e. The molecule has 0 aromatic carbocycles. The van der Waals surface area contributed by atoms with Crippen molar-refractivity contribution in [1.82, 2.24) is 10.2 Å². The maximum absolute atomic E-state index is 11.9. The molecule has 0 aliphatic heterocycles. The number of hydrogen-bond donors (Lipinski definition) is 2. The van der Waals surface area contributed by atoms with Crippen LogP contribution < -0.4 is 5.32 Å². The average Bonchev–Trinajstić information content (AvgIpc) is 2.35. The monoisotopic (exact) mass is 274 g/mol. The number of rotatable bonds is 8. The third kappa shape index (κ3) is 6.64. The van der Waals surface area contributed by atoms with Crippen molar-refractivity contribution in [2.75, 3.05) is 19.7 Å². The summed E-state index contributed by atoms with van der Waals surface area (Å²) >= 11 is 0. The van der Waals surface area contributed by atoms with E-state index in [-0.39, 0.29) is 19.6 Å².